The van der Waals surface area contributed by atoms with Gasteiger partial charge >= 0.3 is 0 Å². The highest BCUT2D eigenvalue weighted by molar-refractivity contribution is 6.45. The van der Waals surface area contributed by atoms with Crippen LogP contribution in [0.3, 0.4) is 0 Å². The molecule has 0 bridgehead atoms. The van der Waals surface area contributed by atoms with Crippen LogP contribution in [0.25, 0.3) is 0 Å². The maximum absolute atomic E-state index is 13.3. The minimum absolute atomic E-state index is 0.0130. The molecule has 3 rings (SSSR count). The van der Waals surface area contributed by atoms with Crippen LogP contribution in [0.2, 0.25) is 10.0 Å². The first-order valence-corrected chi connectivity index (χ1v) is 8.57. The van der Waals surface area contributed by atoms with E-state index in [9.17, 15) is 9.90 Å². The fourth-order valence-electron chi connectivity index (χ4n) is 3.51. The topological polar surface area (TPSA) is 37.3 Å². The summed E-state index contributed by atoms with van der Waals surface area (Å²) in [5.74, 6) is -0.0541. The van der Waals surface area contributed by atoms with E-state index in [2.05, 4.69) is 6.92 Å². The summed E-state index contributed by atoms with van der Waals surface area (Å²) in [6, 6.07) is 11.4. The molecule has 0 heterocycles. The zero-order chi connectivity index (χ0) is 16.6. The number of phenolic OH excluding ortho intramolecular Hbond substituents is 1. The van der Waals surface area contributed by atoms with Crippen molar-refractivity contribution in [2.24, 2.45) is 0 Å². The van der Waals surface area contributed by atoms with Crippen molar-refractivity contribution < 1.29 is 9.90 Å². The number of Topliss-reactive ketones (excluding diaryl/α,β-unsaturated/α-hetero) is 1. The maximum Gasteiger partial charge on any atom is 0.175 e. The second-order valence-electron chi connectivity index (χ2n) is 6.12. The number of ketones is 1. The Hall–Kier alpha value is -1.51. The molecule has 0 amide bonds. The van der Waals surface area contributed by atoms with Crippen molar-refractivity contribution in [2.75, 3.05) is 0 Å². The van der Waals surface area contributed by atoms with Crippen LogP contribution in [0.5, 0.6) is 5.75 Å². The molecule has 0 unspecified atom stereocenters. The van der Waals surface area contributed by atoms with Crippen molar-refractivity contribution in [3.8, 4) is 5.75 Å². The molecule has 1 atom stereocenters. The minimum Gasteiger partial charge on any atom is -0.506 e. The summed E-state index contributed by atoms with van der Waals surface area (Å²) in [4.78, 5) is 13.3. The summed E-state index contributed by atoms with van der Waals surface area (Å²) >= 11 is 12.3. The molecule has 0 aromatic heterocycles. The zero-order valence-corrected chi connectivity index (χ0v) is 14.4. The Morgan fingerprint density at radius 3 is 2.52 bits per heavy atom. The lowest BCUT2D eigenvalue weighted by atomic mass is 9.73. The lowest BCUT2D eigenvalue weighted by Crippen LogP contribution is -2.33. The van der Waals surface area contributed by atoms with Crippen molar-refractivity contribution in [2.45, 2.75) is 38.0 Å². The van der Waals surface area contributed by atoms with E-state index in [1.807, 2.05) is 30.3 Å². The van der Waals surface area contributed by atoms with Gasteiger partial charge in [0, 0.05) is 5.56 Å². The standard InChI is InChI=1S/C19H18Cl2O2/c1-2-3-9-19(13-7-5-4-6-8-13)11-12-10-14(22)16(20)17(21)15(12)18(19)23/h4-8,10,22H,2-3,9,11H2,1H3/t19-/m0/s1. The Morgan fingerprint density at radius 2 is 1.87 bits per heavy atom. The van der Waals surface area contributed by atoms with Crippen LogP contribution >= 0.6 is 23.2 Å². The molecule has 4 heteroatoms. The highest BCUT2D eigenvalue weighted by Gasteiger charge is 2.47. The number of hydrogen-bond acceptors (Lipinski definition) is 2. The highest BCUT2D eigenvalue weighted by Crippen LogP contribution is 2.49. The number of phenols is 1. The second kappa shape index (κ2) is 6.18. The van der Waals surface area contributed by atoms with Crippen LogP contribution in [-0.2, 0) is 11.8 Å². The molecule has 0 saturated heterocycles. The van der Waals surface area contributed by atoms with Crippen LogP contribution in [0, 0.1) is 0 Å². The van der Waals surface area contributed by atoms with Gasteiger partial charge in [-0.1, -0.05) is 73.3 Å². The third-order valence-electron chi connectivity index (χ3n) is 4.71. The Labute approximate surface area is 146 Å². The van der Waals surface area contributed by atoms with E-state index >= 15 is 0 Å². The average molecular weight is 349 g/mol. The van der Waals surface area contributed by atoms with E-state index in [0.717, 1.165) is 30.4 Å². The molecule has 23 heavy (non-hydrogen) atoms. The van der Waals surface area contributed by atoms with Crippen molar-refractivity contribution in [3.05, 3.63) is 63.1 Å². The Balaban J connectivity index is 2.17. The lowest BCUT2D eigenvalue weighted by molar-refractivity contribution is 0.0892. The Kier molecular flexibility index (Phi) is 4.39. The lowest BCUT2D eigenvalue weighted by Gasteiger charge is -2.28. The molecule has 120 valence electrons. The molecule has 2 aromatic rings. The fourth-order valence-corrected chi connectivity index (χ4v) is 3.96. The van der Waals surface area contributed by atoms with Gasteiger partial charge in [0.2, 0.25) is 0 Å². The van der Waals surface area contributed by atoms with Crippen molar-refractivity contribution in [1.82, 2.24) is 0 Å². The summed E-state index contributed by atoms with van der Waals surface area (Å²) in [6.07, 6.45) is 3.27. The predicted octanol–water partition coefficient (Wildman–Crippen LogP) is 5.57. The highest BCUT2D eigenvalue weighted by atomic mass is 35.5. The molecule has 2 aromatic carbocycles. The SMILES string of the molecule is CCCC[C@@]1(c2ccccc2)Cc2cc(O)c(Cl)c(Cl)c2C1=O. The fraction of sp³-hybridized carbons (Fsp3) is 0.316. The first-order chi connectivity index (χ1) is 11.0. The van der Waals surface area contributed by atoms with Gasteiger partial charge < -0.3 is 5.11 Å². The van der Waals surface area contributed by atoms with Gasteiger partial charge in [-0.2, -0.15) is 0 Å². The van der Waals surface area contributed by atoms with Crippen LogP contribution in [0.1, 0.15) is 47.7 Å². The first-order valence-electron chi connectivity index (χ1n) is 7.81. The summed E-state index contributed by atoms with van der Waals surface area (Å²) in [6.45, 7) is 2.11. The van der Waals surface area contributed by atoms with Crippen molar-refractivity contribution in [3.63, 3.8) is 0 Å². The van der Waals surface area contributed by atoms with Crippen LogP contribution in [0.4, 0.5) is 0 Å². The van der Waals surface area contributed by atoms with E-state index in [-0.39, 0.29) is 21.6 Å². The van der Waals surface area contributed by atoms with E-state index in [1.165, 1.54) is 0 Å². The van der Waals surface area contributed by atoms with Gasteiger partial charge in [0.1, 0.15) is 10.8 Å². The van der Waals surface area contributed by atoms with Crippen LogP contribution in [0.15, 0.2) is 36.4 Å². The maximum atomic E-state index is 13.3. The number of rotatable bonds is 4. The summed E-state index contributed by atoms with van der Waals surface area (Å²) in [7, 11) is 0. The number of benzene rings is 2. The van der Waals surface area contributed by atoms with Crippen molar-refractivity contribution >= 4 is 29.0 Å². The molecular formula is C19H18Cl2O2. The summed E-state index contributed by atoms with van der Waals surface area (Å²) in [5.41, 5.74) is 1.64. The summed E-state index contributed by atoms with van der Waals surface area (Å²) in [5, 5.41) is 10.2. The van der Waals surface area contributed by atoms with E-state index in [1.54, 1.807) is 6.07 Å². The third-order valence-corrected chi connectivity index (χ3v) is 5.56. The Bertz CT molecular complexity index is 756. The van der Waals surface area contributed by atoms with Crippen LogP contribution in [-0.4, -0.2) is 10.9 Å². The molecule has 0 fully saturated rings. The predicted molar refractivity (Wildman–Crippen MR) is 93.8 cm³/mol. The van der Waals surface area contributed by atoms with E-state index in [4.69, 9.17) is 23.2 Å². The van der Waals surface area contributed by atoms with Gasteiger partial charge in [-0.3, -0.25) is 4.79 Å². The van der Waals surface area contributed by atoms with Gasteiger partial charge in [-0.25, -0.2) is 0 Å². The molecule has 1 aliphatic rings. The molecule has 0 saturated carbocycles. The average Bonchev–Trinajstić information content (AvgIpc) is 2.84. The molecule has 0 aliphatic heterocycles. The number of carbonyl (C=O) groups is 1. The summed E-state index contributed by atoms with van der Waals surface area (Å²) < 4.78 is 0. The number of halogens is 2. The van der Waals surface area contributed by atoms with Gasteiger partial charge in [-0.15, -0.1) is 0 Å². The van der Waals surface area contributed by atoms with E-state index in [0.29, 0.717) is 12.0 Å². The third kappa shape index (κ3) is 2.54. The molecule has 0 spiro atoms. The molecule has 0 radical (unpaired) electrons. The van der Waals surface area contributed by atoms with Gasteiger partial charge in [-0.05, 0) is 30.0 Å². The van der Waals surface area contributed by atoms with Crippen LogP contribution < -0.4 is 0 Å². The second-order valence-corrected chi connectivity index (χ2v) is 6.87. The molecule has 2 nitrogen and oxygen atoms in total. The van der Waals surface area contributed by atoms with E-state index < -0.39 is 5.41 Å². The number of fused-ring (bicyclic) bond motifs is 1. The minimum atomic E-state index is -0.611. The zero-order valence-electron chi connectivity index (χ0n) is 12.9. The van der Waals surface area contributed by atoms with Crippen molar-refractivity contribution in [1.29, 1.82) is 0 Å². The normalized spacial score (nSPS) is 19.9. The first kappa shape index (κ1) is 16.4. The molecular weight excluding hydrogens is 331 g/mol. The Morgan fingerprint density at radius 1 is 1.17 bits per heavy atom. The molecule has 1 aliphatic carbocycles. The monoisotopic (exact) mass is 348 g/mol. The number of aromatic hydroxyl groups is 1. The molecule has 1 N–H and O–H groups in total. The number of carbonyl (C=O) groups excluding carboxylic acids is 1. The smallest absolute Gasteiger partial charge is 0.175 e. The number of unbranched alkanes of at least 4 members (excludes halogenated alkanes) is 1. The van der Waals surface area contributed by atoms with Gasteiger partial charge in [0.25, 0.3) is 0 Å². The van der Waals surface area contributed by atoms with Gasteiger partial charge in [0.15, 0.2) is 5.78 Å². The van der Waals surface area contributed by atoms with Gasteiger partial charge in [0.05, 0.1) is 10.4 Å². The quantitative estimate of drug-likeness (QED) is 0.784. The largest absolute Gasteiger partial charge is 0.506 e. The number of hydrogen-bond donors (Lipinski definition) is 1.